The number of carbonyl (C=O) groups excluding carboxylic acids is 1. The Kier molecular flexibility index (Phi) is 3.13. The third-order valence-corrected chi connectivity index (χ3v) is 2.26. The van der Waals surface area contributed by atoms with E-state index in [1.54, 1.807) is 25.4 Å². The van der Waals surface area contributed by atoms with Crippen molar-refractivity contribution in [3.8, 4) is 0 Å². The quantitative estimate of drug-likeness (QED) is 0.854. The largest absolute Gasteiger partial charge is 0.361 e. The van der Waals surface area contributed by atoms with Gasteiger partial charge in [0.05, 0.1) is 17.9 Å². The van der Waals surface area contributed by atoms with Crippen molar-refractivity contribution < 1.29 is 9.32 Å². The summed E-state index contributed by atoms with van der Waals surface area (Å²) in [6.45, 7) is 3.90. The van der Waals surface area contributed by atoms with E-state index >= 15 is 0 Å². The summed E-state index contributed by atoms with van der Waals surface area (Å²) in [4.78, 5) is 19.9. The molecule has 0 spiro atoms. The smallest absolute Gasteiger partial charge is 0.273 e. The summed E-state index contributed by atoms with van der Waals surface area (Å²) in [6, 6.07) is 1.58. The van der Waals surface area contributed by atoms with E-state index < -0.39 is 0 Å². The van der Waals surface area contributed by atoms with Crippen LogP contribution in [0.25, 0.3) is 0 Å². The molecule has 0 unspecified atom stereocenters. The summed E-state index contributed by atoms with van der Waals surface area (Å²) in [6.07, 6.45) is 3.20. The zero-order valence-corrected chi connectivity index (χ0v) is 9.60. The summed E-state index contributed by atoms with van der Waals surface area (Å²) in [5.74, 6) is 0.317. The molecule has 1 N–H and O–H groups in total. The monoisotopic (exact) mass is 232 g/mol. The van der Waals surface area contributed by atoms with Crippen molar-refractivity contribution in [1.29, 1.82) is 0 Å². The Balaban J connectivity index is 1.99. The predicted molar refractivity (Wildman–Crippen MR) is 59.2 cm³/mol. The normalized spacial score (nSPS) is 10.2. The van der Waals surface area contributed by atoms with Gasteiger partial charge in [-0.2, -0.15) is 0 Å². The van der Waals surface area contributed by atoms with E-state index in [1.165, 1.54) is 0 Å². The average molecular weight is 232 g/mol. The van der Waals surface area contributed by atoms with Gasteiger partial charge in [0.2, 0.25) is 0 Å². The Hall–Kier alpha value is -2.24. The summed E-state index contributed by atoms with van der Waals surface area (Å²) in [5.41, 5.74) is 1.80. The lowest BCUT2D eigenvalue weighted by Gasteiger charge is -2.04. The number of hydrogen-bond acceptors (Lipinski definition) is 5. The third kappa shape index (κ3) is 2.66. The molecular weight excluding hydrogens is 220 g/mol. The topological polar surface area (TPSA) is 80.9 Å². The van der Waals surface area contributed by atoms with Crippen LogP contribution in [0.3, 0.4) is 0 Å². The SMILES string of the molecule is Cc1cc(C(=O)NCc2nccnc2C)no1. The first kappa shape index (κ1) is 11.3. The molecule has 1 amide bonds. The summed E-state index contributed by atoms with van der Waals surface area (Å²) in [5, 5.41) is 6.33. The molecule has 0 saturated heterocycles. The van der Waals surface area contributed by atoms with Crippen LogP contribution >= 0.6 is 0 Å². The molecule has 0 aliphatic carbocycles. The van der Waals surface area contributed by atoms with E-state index in [4.69, 9.17) is 4.52 Å². The van der Waals surface area contributed by atoms with Crippen LogP contribution in [0.4, 0.5) is 0 Å². The van der Waals surface area contributed by atoms with Crippen molar-refractivity contribution in [1.82, 2.24) is 20.4 Å². The molecule has 2 heterocycles. The van der Waals surface area contributed by atoms with Crippen molar-refractivity contribution in [2.75, 3.05) is 0 Å². The molecule has 2 aromatic rings. The molecule has 0 atom stereocenters. The van der Waals surface area contributed by atoms with Gasteiger partial charge in [-0.25, -0.2) is 0 Å². The van der Waals surface area contributed by atoms with E-state index in [0.717, 1.165) is 11.4 Å². The Labute approximate surface area is 98.1 Å². The van der Waals surface area contributed by atoms with Gasteiger partial charge >= 0.3 is 0 Å². The minimum atomic E-state index is -0.285. The first-order valence-electron chi connectivity index (χ1n) is 5.15. The minimum absolute atomic E-state index is 0.268. The molecule has 6 heteroatoms. The number of aromatic nitrogens is 3. The lowest BCUT2D eigenvalue weighted by molar-refractivity contribution is 0.0941. The van der Waals surface area contributed by atoms with E-state index in [0.29, 0.717) is 12.3 Å². The highest BCUT2D eigenvalue weighted by Crippen LogP contribution is 2.03. The second-order valence-electron chi connectivity index (χ2n) is 3.59. The van der Waals surface area contributed by atoms with Crippen LogP contribution in [0.5, 0.6) is 0 Å². The Morgan fingerprint density at radius 3 is 2.76 bits per heavy atom. The van der Waals surface area contributed by atoms with Crippen LogP contribution in [-0.4, -0.2) is 21.0 Å². The molecule has 0 fully saturated rings. The third-order valence-electron chi connectivity index (χ3n) is 2.26. The first-order chi connectivity index (χ1) is 8.16. The van der Waals surface area contributed by atoms with Gasteiger partial charge in [0, 0.05) is 18.5 Å². The van der Waals surface area contributed by atoms with Crippen molar-refractivity contribution in [3.63, 3.8) is 0 Å². The fourth-order valence-electron chi connectivity index (χ4n) is 1.34. The fourth-order valence-corrected chi connectivity index (χ4v) is 1.34. The second kappa shape index (κ2) is 4.73. The number of amides is 1. The number of carbonyl (C=O) groups is 1. The maximum atomic E-state index is 11.7. The average Bonchev–Trinajstić information content (AvgIpc) is 2.74. The van der Waals surface area contributed by atoms with Gasteiger partial charge in [-0.3, -0.25) is 14.8 Å². The highest BCUT2D eigenvalue weighted by molar-refractivity contribution is 5.92. The van der Waals surface area contributed by atoms with Gasteiger partial charge in [-0.05, 0) is 13.8 Å². The van der Waals surface area contributed by atoms with Gasteiger partial charge in [0.15, 0.2) is 5.69 Å². The maximum absolute atomic E-state index is 11.7. The molecule has 0 bridgehead atoms. The number of aryl methyl sites for hydroxylation is 2. The van der Waals surface area contributed by atoms with E-state index in [-0.39, 0.29) is 11.6 Å². The van der Waals surface area contributed by atoms with Crippen LogP contribution in [0.2, 0.25) is 0 Å². The first-order valence-corrected chi connectivity index (χ1v) is 5.15. The van der Waals surface area contributed by atoms with E-state index in [2.05, 4.69) is 20.4 Å². The lowest BCUT2D eigenvalue weighted by Crippen LogP contribution is -2.24. The maximum Gasteiger partial charge on any atom is 0.273 e. The van der Waals surface area contributed by atoms with Crippen molar-refractivity contribution in [2.45, 2.75) is 20.4 Å². The molecule has 17 heavy (non-hydrogen) atoms. The molecule has 2 rings (SSSR count). The number of nitrogens with one attached hydrogen (secondary N) is 1. The summed E-state index contributed by atoms with van der Waals surface area (Å²) in [7, 11) is 0. The number of rotatable bonds is 3. The lowest BCUT2D eigenvalue weighted by atomic mass is 10.3. The van der Waals surface area contributed by atoms with E-state index in [9.17, 15) is 4.79 Å². The molecule has 0 radical (unpaired) electrons. The van der Waals surface area contributed by atoms with Crippen LogP contribution in [0.15, 0.2) is 23.0 Å². The Bertz CT molecular complexity index is 536. The standard InChI is InChI=1S/C11H12N4O2/c1-7-5-9(15-17-7)11(16)14-6-10-8(2)12-3-4-13-10/h3-5H,6H2,1-2H3,(H,14,16). The van der Waals surface area contributed by atoms with Gasteiger partial charge in [0.25, 0.3) is 5.91 Å². The van der Waals surface area contributed by atoms with Crippen LogP contribution in [-0.2, 0) is 6.54 Å². The van der Waals surface area contributed by atoms with Crippen molar-refractivity contribution in [2.24, 2.45) is 0 Å². The summed E-state index contributed by atoms with van der Waals surface area (Å²) < 4.78 is 4.82. The van der Waals surface area contributed by atoms with Crippen molar-refractivity contribution >= 4 is 5.91 Å². The molecular formula is C11H12N4O2. The minimum Gasteiger partial charge on any atom is -0.361 e. The van der Waals surface area contributed by atoms with Gasteiger partial charge in [-0.1, -0.05) is 5.16 Å². The molecule has 0 aliphatic rings. The molecule has 0 aliphatic heterocycles. The Morgan fingerprint density at radius 2 is 2.12 bits per heavy atom. The van der Waals surface area contributed by atoms with Crippen LogP contribution in [0, 0.1) is 13.8 Å². The van der Waals surface area contributed by atoms with Crippen molar-refractivity contribution in [3.05, 3.63) is 41.3 Å². The molecule has 0 aromatic carbocycles. The van der Waals surface area contributed by atoms with Gasteiger partial charge < -0.3 is 9.84 Å². The highest BCUT2D eigenvalue weighted by atomic mass is 16.5. The number of hydrogen-bond donors (Lipinski definition) is 1. The van der Waals surface area contributed by atoms with E-state index in [1.807, 2.05) is 6.92 Å². The molecule has 88 valence electrons. The van der Waals surface area contributed by atoms with Crippen LogP contribution in [0.1, 0.15) is 27.6 Å². The Morgan fingerprint density at radius 1 is 1.35 bits per heavy atom. The summed E-state index contributed by atoms with van der Waals surface area (Å²) >= 11 is 0. The molecule has 0 saturated carbocycles. The highest BCUT2D eigenvalue weighted by Gasteiger charge is 2.11. The molecule has 2 aromatic heterocycles. The van der Waals surface area contributed by atoms with Crippen LogP contribution < -0.4 is 5.32 Å². The second-order valence-corrected chi connectivity index (χ2v) is 3.59. The zero-order chi connectivity index (χ0) is 12.3. The number of nitrogens with zero attached hydrogens (tertiary/aromatic N) is 3. The van der Waals surface area contributed by atoms with Gasteiger partial charge in [0.1, 0.15) is 5.76 Å². The molecule has 6 nitrogen and oxygen atoms in total. The predicted octanol–water partition coefficient (Wildman–Crippen LogP) is 1.01. The fraction of sp³-hybridized carbons (Fsp3) is 0.273. The zero-order valence-electron chi connectivity index (χ0n) is 9.60. The van der Waals surface area contributed by atoms with Gasteiger partial charge in [-0.15, -0.1) is 0 Å².